The second kappa shape index (κ2) is 6.85. The van der Waals surface area contributed by atoms with Gasteiger partial charge in [-0.3, -0.25) is 9.69 Å². The maximum absolute atomic E-state index is 13.1. The second-order valence-electron chi connectivity index (χ2n) is 4.98. The number of anilines is 2. The van der Waals surface area contributed by atoms with Gasteiger partial charge in [-0.2, -0.15) is 0 Å². The molecule has 2 aromatic carbocycles. The van der Waals surface area contributed by atoms with E-state index in [0.29, 0.717) is 17.9 Å². The van der Waals surface area contributed by atoms with Crippen molar-refractivity contribution < 1.29 is 9.18 Å². The van der Waals surface area contributed by atoms with Crippen LogP contribution in [0, 0.1) is 5.82 Å². The Labute approximate surface area is 123 Å². The molecule has 3 N–H and O–H groups in total. The highest BCUT2D eigenvalue weighted by atomic mass is 19.1. The van der Waals surface area contributed by atoms with Crippen LogP contribution in [0.4, 0.5) is 15.8 Å². The van der Waals surface area contributed by atoms with Gasteiger partial charge in [-0.15, -0.1) is 0 Å². The molecule has 0 fully saturated rings. The van der Waals surface area contributed by atoms with Gasteiger partial charge in [0, 0.05) is 17.9 Å². The lowest BCUT2D eigenvalue weighted by atomic mass is 10.2. The van der Waals surface area contributed by atoms with E-state index in [1.54, 1.807) is 30.3 Å². The third kappa shape index (κ3) is 4.89. The van der Waals surface area contributed by atoms with E-state index in [4.69, 9.17) is 5.73 Å². The molecule has 110 valence electrons. The first kappa shape index (κ1) is 15.0. The molecular weight excluding hydrogens is 269 g/mol. The van der Waals surface area contributed by atoms with Crippen molar-refractivity contribution in [1.29, 1.82) is 0 Å². The highest BCUT2D eigenvalue weighted by Gasteiger charge is 2.08. The highest BCUT2D eigenvalue weighted by molar-refractivity contribution is 5.92. The molecule has 0 aromatic heterocycles. The van der Waals surface area contributed by atoms with Crippen molar-refractivity contribution in [1.82, 2.24) is 4.90 Å². The number of nitrogens with two attached hydrogens (primary N) is 1. The van der Waals surface area contributed by atoms with Gasteiger partial charge in [-0.1, -0.05) is 18.2 Å². The van der Waals surface area contributed by atoms with Crippen LogP contribution in [0.15, 0.2) is 48.5 Å². The topological polar surface area (TPSA) is 58.4 Å². The molecule has 2 aromatic rings. The van der Waals surface area contributed by atoms with Crippen LogP contribution < -0.4 is 11.1 Å². The van der Waals surface area contributed by atoms with E-state index < -0.39 is 0 Å². The summed E-state index contributed by atoms with van der Waals surface area (Å²) in [6, 6.07) is 13.4. The SMILES string of the molecule is CN(CC(=O)Nc1cccc(N)c1)Cc1cccc(F)c1. The van der Waals surface area contributed by atoms with E-state index in [1.807, 2.05) is 18.0 Å². The predicted molar refractivity (Wildman–Crippen MR) is 82.2 cm³/mol. The Morgan fingerprint density at radius 3 is 2.71 bits per heavy atom. The molecule has 0 atom stereocenters. The van der Waals surface area contributed by atoms with Gasteiger partial charge in [0.25, 0.3) is 0 Å². The molecule has 0 unspecified atom stereocenters. The first-order valence-corrected chi connectivity index (χ1v) is 6.61. The number of amides is 1. The van der Waals surface area contributed by atoms with Gasteiger partial charge in [0.15, 0.2) is 0 Å². The van der Waals surface area contributed by atoms with E-state index in [-0.39, 0.29) is 18.3 Å². The smallest absolute Gasteiger partial charge is 0.238 e. The van der Waals surface area contributed by atoms with E-state index in [2.05, 4.69) is 5.32 Å². The van der Waals surface area contributed by atoms with Gasteiger partial charge in [-0.25, -0.2) is 4.39 Å². The van der Waals surface area contributed by atoms with Crippen molar-refractivity contribution in [2.45, 2.75) is 6.54 Å². The first-order valence-electron chi connectivity index (χ1n) is 6.61. The zero-order valence-electron chi connectivity index (χ0n) is 11.8. The molecule has 0 heterocycles. The summed E-state index contributed by atoms with van der Waals surface area (Å²) in [6.45, 7) is 0.716. The lowest BCUT2D eigenvalue weighted by molar-refractivity contribution is -0.117. The van der Waals surface area contributed by atoms with Crippen molar-refractivity contribution in [2.75, 3.05) is 24.6 Å². The Morgan fingerprint density at radius 2 is 2.00 bits per heavy atom. The monoisotopic (exact) mass is 287 g/mol. The molecule has 0 bridgehead atoms. The third-order valence-electron chi connectivity index (χ3n) is 2.93. The Hall–Kier alpha value is -2.40. The van der Waals surface area contributed by atoms with Crippen molar-refractivity contribution in [3.63, 3.8) is 0 Å². The van der Waals surface area contributed by atoms with Crippen molar-refractivity contribution >= 4 is 17.3 Å². The summed E-state index contributed by atoms with van der Waals surface area (Å²) in [5, 5.41) is 2.78. The molecule has 0 aliphatic heterocycles. The molecule has 0 saturated heterocycles. The molecular formula is C16H18FN3O. The molecule has 21 heavy (non-hydrogen) atoms. The van der Waals surface area contributed by atoms with Gasteiger partial charge in [-0.05, 0) is 42.9 Å². The Bertz CT molecular complexity index is 630. The first-order chi connectivity index (χ1) is 10.0. The summed E-state index contributed by atoms with van der Waals surface area (Å²) >= 11 is 0. The van der Waals surface area contributed by atoms with E-state index in [0.717, 1.165) is 5.56 Å². The van der Waals surface area contributed by atoms with Gasteiger partial charge in [0.05, 0.1) is 6.54 Å². The third-order valence-corrected chi connectivity index (χ3v) is 2.93. The Kier molecular flexibility index (Phi) is 4.90. The lowest BCUT2D eigenvalue weighted by Gasteiger charge is -2.16. The number of nitrogen functional groups attached to an aromatic ring is 1. The number of nitrogens with one attached hydrogen (secondary N) is 1. The number of benzene rings is 2. The number of halogens is 1. The highest BCUT2D eigenvalue weighted by Crippen LogP contribution is 2.12. The quantitative estimate of drug-likeness (QED) is 0.831. The van der Waals surface area contributed by atoms with Crippen LogP contribution in [0.25, 0.3) is 0 Å². The average molecular weight is 287 g/mol. The lowest BCUT2D eigenvalue weighted by Crippen LogP contribution is -2.29. The van der Waals surface area contributed by atoms with E-state index >= 15 is 0 Å². The molecule has 4 nitrogen and oxygen atoms in total. The fraction of sp³-hybridized carbons (Fsp3) is 0.188. The summed E-state index contributed by atoms with van der Waals surface area (Å²) < 4.78 is 13.1. The van der Waals surface area contributed by atoms with Gasteiger partial charge < -0.3 is 11.1 Å². The zero-order valence-corrected chi connectivity index (χ0v) is 11.8. The van der Waals surface area contributed by atoms with Crippen LogP contribution in [0.5, 0.6) is 0 Å². The summed E-state index contributed by atoms with van der Waals surface area (Å²) in [4.78, 5) is 13.7. The fourth-order valence-electron chi connectivity index (χ4n) is 2.06. The Balaban J connectivity index is 1.87. The molecule has 5 heteroatoms. The van der Waals surface area contributed by atoms with E-state index in [9.17, 15) is 9.18 Å². The zero-order chi connectivity index (χ0) is 15.2. The van der Waals surface area contributed by atoms with Gasteiger partial charge in [0.1, 0.15) is 5.82 Å². The number of likely N-dealkylation sites (N-methyl/N-ethyl adjacent to an activating group) is 1. The molecule has 2 rings (SSSR count). The maximum atomic E-state index is 13.1. The minimum absolute atomic E-state index is 0.139. The van der Waals surface area contributed by atoms with Crippen molar-refractivity contribution in [2.24, 2.45) is 0 Å². The minimum Gasteiger partial charge on any atom is -0.399 e. The second-order valence-corrected chi connectivity index (χ2v) is 4.98. The van der Waals surface area contributed by atoms with Crippen LogP contribution in [0.1, 0.15) is 5.56 Å². The minimum atomic E-state index is -0.273. The van der Waals surface area contributed by atoms with Gasteiger partial charge >= 0.3 is 0 Å². The fourth-order valence-corrected chi connectivity index (χ4v) is 2.06. The molecule has 0 spiro atoms. The number of rotatable bonds is 5. The van der Waals surface area contributed by atoms with Crippen LogP contribution >= 0.6 is 0 Å². The molecule has 0 aliphatic carbocycles. The summed E-state index contributed by atoms with van der Waals surface area (Å²) in [6.07, 6.45) is 0. The maximum Gasteiger partial charge on any atom is 0.238 e. The number of carbonyl (C=O) groups is 1. The number of nitrogens with zero attached hydrogens (tertiary/aromatic N) is 1. The normalized spacial score (nSPS) is 10.6. The predicted octanol–water partition coefficient (Wildman–Crippen LogP) is 2.48. The number of carbonyl (C=O) groups excluding carboxylic acids is 1. The number of hydrogen-bond donors (Lipinski definition) is 2. The van der Waals surface area contributed by atoms with Crippen LogP contribution in [-0.2, 0) is 11.3 Å². The Morgan fingerprint density at radius 1 is 1.24 bits per heavy atom. The summed E-state index contributed by atoms with van der Waals surface area (Å²) in [5.41, 5.74) is 7.75. The van der Waals surface area contributed by atoms with Crippen LogP contribution in [-0.4, -0.2) is 24.4 Å². The van der Waals surface area contributed by atoms with E-state index in [1.165, 1.54) is 12.1 Å². The summed E-state index contributed by atoms with van der Waals surface area (Å²) in [5.74, 6) is -0.412. The van der Waals surface area contributed by atoms with Gasteiger partial charge in [0.2, 0.25) is 5.91 Å². The molecule has 0 aliphatic rings. The van der Waals surface area contributed by atoms with Crippen molar-refractivity contribution in [3.05, 3.63) is 59.9 Å². The van der Waals surface area contributed by atoms with Crippen molar-refractivity contribution in [3.8, 4) is 0 Å². The standard InChI is InChI=1S/C16H18FN3O/c1-20(10-12-4-2-5-13(17)8-12)11-16(21)19-15-7-3-6-14(18)9-15/h2-9H,10-11,18H2,1H3,(H,19,21). The summed E-state index contributed by atoms with van der Waals surface area (Å²) in [7, 11) is 1.81. The number of hydrogen-bond acceptors (Lipinski definition) is 3. The average Bonchev–Trinajstić information content (AvgIpc) is 2.38. The van der Waals surface area contributed by atoms with Crippen LogP contribution in [0.2, 0.25) is 0 Å². The largest absolute Gasteiger partial charge is 0.399 e. The van der Waals surface area contributed by atoms with Crippen LogP contribution in [0.3, 0.4) is 0 Å². The molecule has 1 amide bonds. The molecule has 0 radical (unpaired) electrons. The molecule has 0 saturated carbocycles.